The summed E-state index contributed by atoms with van der Waals surface area (Å²) < 4.78 is 30.9. The van der Waals surface area contributed by atoms with Gasteiger partial charge in [-0.1, -0.05) is 30.3 Å². The van der Waals surface area contributed by atoms with Crippen LogP contribution < -0.4 is 10.1 Å². The van der Waals surface area contributed by atoms with Crippen molar-refractivity contribution in [2.45, 2.75) is 45.0 Å². The number of rotatable bonds is 7. The van der Waals surface area contributed by atoms with Crippen molar-refractivity contribution in [1.29, 1.82) is 0 Å². The van der Waals surface area contributed by atoms with Crippen molar-refractivity contribution in [3.05, 3.63) is 41.6 Å². The van der Waals surface area contributed by atoms with Crippen LogP contribution in [0.1, 0.15) is 36.9 Å². The average Bonchev–Trinajstić information content (AvgIpc) is 3.57. The number of hydrogen-bond acceptors (Lipinski definition) is 4. The Bertz CT molecular complexity index is 857. The van der Waals surface area contributed by atoms with Crippen LogP contribution in [0.2, 0.25) is 0 Å². The smallest absolute Gasteiger partial charge is 0.255 e. The van der Waals surface area contributed by atoms with E-state index in [-0.39, 0.29) is 11.8 Å². The van der Waals surface area contributed by atoms with Crippen LogP contribution in [0.4, 0.5) is 8.78 Å². The first-order chi connectivity index (χ1) is 14.1. The molecule has 0 saturated heterocycles. The number of carbonyl (C=O) groups is 1. The molecule has 1 atom stereocenters. The number of ether oxygens (including phenoxy) is 1. The minimum Gasteiger partial charge on any atom is -0.477 e. The summed E-state index contributed by atoms with van der Waals surface area (Å²) in [5.41, 5.74) is 2.77. The third-order valence-corrected chi connectivity index (χ3v) is 5.51. The van der Waals surface area contributed by atoms with Crippen LogP contribution in [0, 0.1) is 11.8 Å². The SMILES string of the molecule is O=C(NCC(F)F)C1CCc2nc(-c3ccccc3)nc(OCC3CC3)c2CC1. The lowest BCUT2D eigenvalue weighted by Gasteiger charge is -2.14. The molecule has 1 aromatic carbocycles. The molecule has 1 saturated carbocycles. The van der Waals surface area contributed by atoms with Gasteiger partial charge in [-0.05, 0) is 44.4 Å². The van der Waals surface area contributed by atoms with E-state index in [0.29, 0.717) is 49.9 Å². The largest absolute Gasteiger partial charge is 0.477 e. The van der Waals surface area contributed by atoms with Crippen molar-refractivity contribution >= 4 is 5.91 Å². The van der Waals surface area contributed by atoms with Gasteiger partial charge in [0, 0.05) is 17.0 Å². The Kier molecular flexibility index (Phi) is 6.02. The minimum atomic E-state index is -2.54. The van der Waals surface area contributed by atoms with Crippen molar-refractivity contribution in [2.24, 2.45) is 11.8 Å². The zero-order valence-corrected chi connectivity index (χ0v) is 16.2. The standard InChI is InChI=1S/C22H25F2N3O2/c23-19(24)12-25-21(28)16-8-10-17-18(11-9-16)26-20(15-4-2-1-3-5-15)27-22(17)29-13-14-6-7-14/h1-5,14,16,19H,6-13H2,(H,25,28). The fourth-order valence-corrected chi connectivity index (χ4v) is 3.64. The van der Waals surface area contributed by atoms with Crippen molar-refractivity contribution in [3.63, 3.8) is 0 Å². The maximum Gasteiger partial charge on any atom is 0.255 e. The monoisotopic (exact) mass is 401 g/mol. The molecule has 2 aliphatic rings. The number of carbonyl (C=O) groups excluding carboxylic acids is 1. The Morgan fingerprint density at radius 1 is 1.10 bits per heavy atom. The fourth-order valence-electron chi connectivity index (χ4n) is 3.64. The van der Waals surface area contributed by atoms with Crippen molar-refractivity contribution in [2.75, 3.05) is 13.2 Å². The number of nitrogens with zero attached hydrogens (tertiary/aromatic N) is 2. The van der Waals surface area contributed by atoms with Crippen LogP contribution in [0.3, 0.4) is 0 Å². The summed E-state index contributed by atoms with van der Waals surface area (Å²) in [6.45, 7) is 0.0476. The molecule has 7 heteroatoms. The summed E-state index contributed by atoms with van der Waals surface area (Å²) in [6, 6.07) is 9.75. The van der Waals surface area contributed by atoms with Gasteiger partial charge in [-0.2, -0.15) is 4.98 Å². The van der Waals surface area contributed by atoms with Crippen LogP contribution in [-0.4, -0.2) is 35.5 Å². The highest BCUT2D eigenvalue weighted by Crippen LogP contribution is 2.34. The molecule has 154 valence electrons. The quantitative estimate of drug-likeness (QED) is 0.717. The number of benzene rings is 1. The maximum absolute atomic E-state index is 12.4. The highest BCUT2D eigenvalue weighted by molar-refractivity contribution is 5.78. The Labute approximate surface area is 168 Å². The van der Waals surface area contributed by atoms with Crippen molar-refractivity contribution < 1.29 is 18.3 Å². The van der Waals surface area contributed by atoms with Crippen molar-refractivity contribution in [1.82, 2.24) is 15.3 Å². The first kappa shape index (κ1) is 19.7. The Morgan fingerprint density at radius 2 is 1.86 bits per heavy atom. The molecule has 5 nitrogen and oxygen atoms in total. The molecular formula is C22H25F2N3O2. The Hall–Kier alpha value is -2.57. The molecule has 0 aliphatic heterocycles. The van der Waals surface area contributed by atoms with E-state index in [9.17, 15) is 13.6 Å². The normalized spacial score (nSPS) is 18.8. The van der Waals surface area contributed by atoms with Gasteiger partial charge in [-0.3, -0.25) is 4.79 Å². The molecule has 29 heavy (non-hydrogen) atoms. The predicted octanol–water partition coefficient (Wildman–Crippen LogP) is 3.81. The van der Waals surface area contributed by atoms with Gasteiger partial charge in [0.15, 0.2) is 5.82 Å². The van der Waals surface area contributed by atoms with Gasteiger partial charge in [-0.25, -0.2) is 13.8 Å². The molecule has 1 unspecified atom stereocenters. The van der Waals surface area contributed by atoms with Crippen LogP contribution in [0.15, 0.2) is 30.3 Å². The summed E-state index contributed by atoms with van der Waals surface area (Å²) in [6.07, 6.45) is 2.20. The van der Waals surface area contributed by atoms with Crippen molar-refractivity contribution in [3.8, 4) is 17.3 Å². The van der Waals surface area contributed by atoms with E-state index in [1.807, 2.05) is 30.3 Å². The molecule has 1 N–H and O–H groups in total. The summed E-state index contributed by atoms with van der Waals surface area (Å²) in [4.78, 5) is 21.8. The van der Waals surface area contributed by atoms with E-state index in [1.54, 1.807) is 0 Å². The highest BCUT2D eigenvalue weighted by Gasteiger charge is 2.28. The summed E-state index contributed by atoms with van der Waals surface area (Å²) in [5.74, 6) is 1.21. The molecule has 1 aromatic heterocycles. The second kappa shape index (κ2) is 8.84. The van der Waals surface area contributed by atoms with E-state index in [0.717, 1.165) is 16.8 Å². The van der Waals surface area contributed by atoms with Gasteiger partial charge in [0.05, 0.1) is 18.8 Å². The Balaban J connectivity index is 1.56. The number of aromatic nitrogens is 2. The van der Waals surface area contributed by atoms with Gasteiger partial charge >= 0.3 is 0 Å². The molecule has 0 radical (unpaired) electrons. The lowest BCUT2D eigenvalue weighted by atomic mass is 9.99. The van der Waals surface area contributed by atoms with Crippen LogP contribution in [0.25, 0.3) is 11.4 Å². The fraction of sp³-hybridized carbons (Fsp3) is 0.500. The number of nitrogens with one attached hydrogen (secondary N) is 1. The average molecular weight is 401 g/mol. The number of alkyl halides is 2. The van der Waals surface area contributed by atoms with Gasteiger partial charge in [0.25, 0.3) is 6.43 Å². The lowest BCUT2D eigenvalue weighted by molar-refractivity contribution is -0.126. The zero-order valence-electron chi connectivity index (χ0n) is 16.2. The third kappa shape index (κ3) is 5.08. The van der Waals surface area contributed by atoms with Gasteiger partial charge in [0.1, 0.15) is 0 Å². The molecule has 4 rings (SSSR count). The minimum absolute atomic E-state index is 0.306. The van der Waals surface area contributed by atoms with E-state index in [1.165, 1.54) is 12.8 Å². The summed E-state index contributed by atoms with van der Waals surface area (Å²) >= 11 is 0. The molecule has 0 spiro atoms. The number of halogens is 2. The molecule has 1 amide bonds. The number of aryl methyl sites for hydroxylation is 1. The van der Waals surface area contributed by atoms with E-state index >= 15 is 0 Å². The summed E-state index contributed by atoms with van der Waals surface area (Å²) in [5, 5.41) is 2.35. The first-order valence-electron chi connectivity index (χ1n) is 10.2. The van der Waals surface area contributed by atoms with Crippen LogP contribution in [0.5, 0.6) is 5.88 Å². The summed E-state index contributed by atoms with van der Waals surface area (Å²) in [7, 11) is 0. The first-order valence-corrected chi connectivity index (χ1v) is 10.2. The molecule has 2 aliphatic carbocycles. The number of fused-ring (bicyclic) bond motifs is 1. The lowest BCUT2D eigenvalue weighted by Crippen LogP contribution is -2.34. The molecule has 1 heterocycles. The van der Waals surface area contributed by atoms with E-state index in [4.69, 9.17) is 14.7 Å². The maximum atomic E-state index is 12.4. The highest BCUT2D eigenvalue weighted by atomic mass is 19.3. The molecular weight excluding hydrogens is 376 g/mol. The van der Waals surface area contributed by atoms with E-state index in [2.05, 4.69) is 5.32 Å². The van der Waals surface area contributed by atoms with Gasteiger partial charge in [0.2, 0.25) is 11.8 Å². The van der Waals surface area contributed by atoms with Gasteiger partial charge < -0.3 is 10.1 Å². The zero-order chi connectivity index (χ0) is 20.2. The molecule has 2 aromatic rings. The third-order valence-electron chi connectivity index (χ3n) is 5.51. The molecule has 0 bridgehead atoms. The number of amides is 1. The number of hydrogen-bond donors (Lipinski definition) is 1. The predicted molar refractivity (Wildman–Crippen MR) is 105 cm³/mol. The Morgan fingerprint density at radius 3 is 2.59 bits per heavy atom. The van der Waals surface area contributed by atoms with Crippen LogP contribution >= 0.6 is 0 Å². The van der Waals surface area contributed by atoms with Gasteiger partial charge in [-0.15, -0.1) is 0 Å². The molecule has 1 fully saturated rings. The second-order valence-corrected chi connectivity index (χ2v) is 7.81. The van der Waals surface area contributed by atoms with E-state index < -0.39 is 13.0 Å². The van der Waals surface area contributed by atoms with Crippen LogP contribution in [-0.2, 0) is 17.6 Å². The topological polar surface area (TPSA) is 64.1 Å². The second-order valence-electron chi connectivity index (χ2n) is 7.81.